The van der Waals surface area contributed by atoms with Gasteiger partial charge < -0.3 is 5.32 Å². The molecule has 1 aromatic carbocycles. The molecule has 0 atom stereocenters. The van der Waals surface area contributed by atoms with Crippen LogP contribution in [0.25, 0.3) is 0 Å². The molecular weight excluding hydrogens is 340 g/mol. The van der Waals surface area contributed by atoms with Gasteiger partial charge in [0.15, 0.2) is 0 Å². The molecule has 2 aromatic heterocycles. The van der Waals surface area contributed by atoms with Gasteiger partial charge in [0.25, 0.3) is 6.43 Å². The fourth-order valence-electron chi connectivity index (χ4n) is 2.62. The molecule has 0 spiro atoms. The SMILES string of the molecule is Cc1ccccc1Cn1cc(NC(=O)Cn2nc(C(F)F)cc2C)cn1. The maximum atomic E-state index is 12.7. The zero-order valence-corrected chi connectivity index (χ0v) is 14.5. The normalized spacial score (nSPS) is 11.1. The number of halogens is 2. The van der Waals surface area contributed by atoms with Crippen LogP contribution in [0, 0.1) is 13.8 Å². The van der Waals surface area contributed by atoms with E-state index in [1.54, 1.807) is 24.0 Å². The Kier molecular flexibility index (Phi) is 5.11. The molecule has 3 rings (SSSR count). The monoisotopic (exact) mass is 359 g/mol. The number of hydrogen-bond acceptors (Lipinski definition) is 3. The van der Waals surface area contributed by atoms with Gasteiger partial charge in [0.2, 0.25) is 5.91 Å². The molecule has 3 aromatic rings. The van der Waals surface area contributed by atoms with Gasteiger partial charge in [-0.3, -0.25) is 14.2 Å². The van der Waals surface area contributed by atoms with Crippen molar-refractivity contribution in [1.82, 2.24) is 19.6 Å². The molecule has 0 unspecified atom stereocenters. The highest BCUT2D eigenvalue weighted by atomic mass is 19.3. The molecule has 1 N–H and O–H groups in total. The summed E-state index contributed by atoms with van der Waals surface area (Å²) in [6.07, 6.45) is 0.624. The van der Waals surface area contributed by atoms with Gasteiger partial charge in [0.05, 0.1) is 18.4 Å². The van der Waals surface area contributed by atoms with Gasteiger partial charge in [-0.25, -0.2) is 8.78 Å². The number of anilines is 1. The quantitative estimate of drug-likeness (QED) is 0.734. The van der Waals surface area contributed by atoms with E-state index in [1.165, 1.54) is 10.7 Å². The molecule has 0 radical (unpaired) electrons. The van der Waals surface area contributed by atoms with Crippen LogP contribution in [0.2, 0.25) is 0 Å². The number of hydrogen-bond donors (Lipinski definition) is 1. The fraction of sp³-hybridized carbons (Fsp3) is 0.278. The van der Waals surface area contributed by atoms with Gasteiger partial charge in [0, 0.05) is 11.9 Å². The number of rotatable bonds is 6. The predicted molar refractivity (Wildman–Crippen MR) is 93.1 cm³/mol. The Morgan fingerprint density at radius 2 is 2.04 bits per heavy atom. The summed E-state index contributed by atoms with van der Waals surface area (Å²) in [6.45, 7) is 4.12. The van der Waals surface area contributed by atoms with E-state index in [4.69, 9.17) is 0 Å². The van der Waals surface area contributed by atoms with E-state index in [1.807, 2.05) is 31.2 Å². The molecule has 0 aliphatic heterocycles. The minimum absolute atomic E-state index is 0.137. The molecule has 0 fully saturated rings. The lowest BCUT2D eigenvalue weighted by molar-refractivity contribution is -0.117. The van der Waals surface area contributed by atoms with Crippen LogP contribution in [0.3, 0.4) is 0 Å². The van der Waals surface area contributed by atoms with Crippen LogP contribution in [0.5, 0.6) is 0 Å². The van der Waals surface area contributed by atoms with E-state index >= 15 is 0 Å². The van der Waals surface area contributed by atoms with Crippen molar-refractivity contribution < 1.29 is 13.6 Å². The third-order valence-corrected chi connectivity index (χ3v) is 4.03. The van der Waals surface area contributed by atoms with Crippen LogP contribution < -0.4 is 5.32 Å². The van der Waals surface area contributed by atoms with Crippen LogP contribution in [-0.2, 0) is 17.9 Å². The fourth-order valence-corrected chi connectivity index (χ4v) is 2.62. The number of aryl methyl sites for hydroxylation is 2. The number of benzene rings is 1. The van der Waals surface area contributed by atoms with Gasteiger partial charge >= 0.3 is 0 Å². The van der Waals surface area contributed by atoms with Crippen molar-refractivity contribution in [2.45, 2.75) is 33.4 Å². The lowest BCUT2D eigenvalue weighted by Crippen LogP contribution is -2.20. The first-order valence-electron chi connectivity index (χ1n) is 8.11. The molecule has 1 amide bonds. The smallest absolute Gasteiger partial charge is 0.282 e. The first-order valence-corrected chi connectivity index (χ1v) is 8.11. The lowest BCUT2D eigenvalue weighted by atomic mass is 10.1. The van der Waals surface area contributed by atoms with Gasteiger partial charge in [-0.1, -0.05) is 24.3 Å². The molecule has 0 aliphatic carbocycles. The standard InChI is InChI=1S/C18H19F2N5O/c1-12-5-3-4-6-14(12)9-24-10-15(8-21-24)22-17(26)11-25-13(2)7-16(23-25)18(19)20/h3-8,10,18H,9,11H2,1-2H3,(H,22,26). The Morgan fingerprint density at radius 3 is 2.73 bits per heavy atom. The third-order valence-electron chi connectivity index (χ3n) is 4.03. The van der Waals surface area contributed by atoms with Gasteiger partial charge in [-0.2, -0.15) is 10.2 Å². The molecule has 0 saturated heterocycles. The van der Waals surface area contributed by atoms with Crippen LogP contribution in [-0.4, -0.2) is 25.5 Å². The summed E-state index contributed by atoms with van der Waals surface area (Å²) >= 11 is 0. The Morgan fingerprint density at radius 1 is 1.27 bits per heavy atom. The van der Waals surface area contributed by atoms with Gasteiger partial charge in [-0.05, 0) is 31.0 Å². The summed E-state index contributed by atoms with van der Waals surface area (Å²) < 4.78 is 28.3. The molecule has 26 heavy (non-hydrogen) atoms. The van der Waals surface area contributed by atoms with E-state index in [-0.39, 0.29) is 18.1 Å². The number of aromatic nitrogens is 4. The number of nitrogens with one attached hydrogen (secondary N) is 1. The highest BCUT2D eigenvalue weighted by Crippen LogP contribution is 2.18. The average molecular weight is 359 g/mol. The summed E-state index contributed by atoms with van der Waals surface area (Å²) in [6, 6.07) is 9.27. The Hall–Kier alpha value is -3.03. The summed E-state index contributed by atoms with van der Waals surface area (Å²) in [5, 5.41) is 10.7. The lowest BCUT2D eigenvalue weighted by Gasteiger charge is -2.06. The van der Waals surface area contributed by atoms with Gasteiger partial charge in [-0.15, -0.1) is 0 Å². The van der Waals surface area contributed by atoms with E-state index in [0.29, 0.717) is 17.9 Å². The second-order valence-corrected chi connectivity index (χ2v) is 6.07. The first kappa shape index (κ1) is 17.8. The Bertz CT molecular complexity index is 916. The molecule has 136 valence electrons. The summed E-state index contributed by atoms with van der Waals surface area (Å²) in [5.41, 5.74) is 3.02. The largest absolute Gasteiger partial charge is 0.322 e. The van der Waals surface area contributed by atoms with Crippen LogP contribution >= 0.6 is 0 Å². The molecule has 0 saturated carbocycles. The minimum Gasteiger partial charge on any atom is -0.322 e. The molecule has 0 aliphatic rings. The Labute approximate surface area is 149 Å². The predicted octanol–water partition coefficient (Wildman–Crippen LogP) is 3.32. The maximum absolute atomic E-state index is 12.7. The molecular formula is C18H19F2N5O. The van der Waals surface area contributed by atoms with Crippen molar-refractivity contribution in [3.05, 3.63) is 65.2 Å². The molecule has 2 heterocycles. The van der Waals surface area contributed by atoms with E-state index in [2.05, 4.69) is 15.5 Å². The molecule has 8 heteroatoms. The number of carbonyl (C=O) groups excluding carboxylic acids is 1. The molecule has 0 bridgehead atoms. The van der Waals surface area contributed by atoms with Crippen molar-refractivity contribution in [2.24, 2.45) is 0 Å². The minimum atomic E-state index is -2.65. The summed E-state index contributed by atoms with van der Waals surface area (Å²) in [5.74, 6) is -0.354. The number of nitrogens with zero attached hydrogens (tertiary/aromatic N) is 4. The van der Waals surface area contributed by atoms with Gasteiger partial charge in [0.1, 0.15) is 12.2 Å². The first-order chi connectivity index (χ1) is 12.4. The Balaban J connectivity index is 1.62. The topological polar surface area (TPSA) is 64.7 Å². The van der Waals surface area contributed by atoms with E-state index < -0.39 is 6.43 Å². The number of alkyl halides is 2. The van der Waals surface area contributed by atoms with Crippen molar-refractivity contribution in [3.63, 3.8) is 0 Å². The van der Waals surface area contributed by atoms with Crippen molar-refractivity contribution in [2.75, 3.05) is 5.32 Å². The zero-order chi connectivity index (χ0) is 18.7. The van der Waals surface area contributed by atoms with Crippen LogP contribution in [0.4, 0.5) is 14.5 Å². The zero-order valence-electron chi connectivity index (χ0n) is 14.5. The average Bonchev–Trinajstić information content (AvgIpc) is 3.17. The number of carbonyl (C=O) groups is 1. The highest BCUT2D eigenvalue weighted by molar-refractivity contribution is 5.90. The highest BCUT2D eigenvalue weighted by Gasteiger charge is 2.15. The summed E-state index contributed by atoms with van der Waals surface area (Å²) in [7, 11) is 0. The maximum Gasteiger partial charge on any atom is 0.282 e. The summed E-state index contributed by atoms with van der Waals surface area (Å²) in [4.78, 5) is 12.1. The second kappa shape index (κ2) is 7.47. The van der Waals surface area contributed by atoms with E-state index in [0.717, 1.165) is 11.1 Å². The molecule has 6 nitrogen and oxygen atoms in total. The third kappa shape index (κ3) is 4.14. The van der Waals surface area contributed by atoms with E-state index in [9.17, 15) is 13.6 Å². The van der Waals surface area contributed by atoms with Crippen molar-refractivity contribution in [1.29, 1.82) is 0 Å². The number of amides is 1. The van der Waals surface area contributed by atoms with Crippen LogP contribution in [0.1, 0.15) is 28.9 Å². The van der Waals surface area contributed by atoms with Crippen molar-refractivity contribution in [3.8, 4) is 0 Å². The van der Waals surface area contributed by atoms with Crippen molar-refractivity contribution >= 4 is 11.6 Å². The van der Waals surface area contributed by atoms with Crippen LogP contribution in [0.15, 0.2) is 42.7 Å². The second-order valence-electron chi connectivity index (χ2n) is 6.07.